The van der Waals surface area contributed by atoms with Gasteiger partial charge in [0.2, 0.25) is 5.91 Å². The average Bonchev–Trinajstić information content (AvgIpc) is 3.22. The second kappa shape index (κ2) is 9.98. The van der Waals surface area contributed by atoms with Gasteiger partial charge in [-0.1, -0.05) is 23.7 Å². The Labute approximate surface area is 172 Å². The van der Waals surface area contributed by atoms with Crippen molar-refractivity contribution in [1.82, 2.24) is 15.1 Å². The number of piperazine rings is 1. The molecule has 1 aromatic carbocycles. The summed E-state index contributed by atoms with van der Waals surface area (Å²) in [6.07, 6.45) is 2.39. The van der Waals surface area contributed by atoms with Gasteiger partial charge in [-0.05, 0) is 25.0 Å². The number of benzene rings is 1. The lowest BCUT2D eigenvalue weighted by molar-refractivity contribution is -0.127. The van der Waals surface area contributed by atoms with Gasteiger partial charge in [0.1, 0.15) is 6.54 Å². The third-order valence-electron chi connectivity index (χ3n) is 5.15. The quantitative estimate of drug-likeness (QED) is 0.594. The van der Waals surface area contributed by atoms with E-state index in [2.05, 4.69) is 26.2 Å². The fourth-order valence-electron chi connectivity index (χ4n) is 3.43. The molecule has 2 heterocycles. The van der Waals surface area contributed by atoms with Crippen LogP contribution in [-0.4, -0.2) is 87.7 Å². The number of guanidine groups is 1. The van der Waals surface area contributed by atoms with E-state index < -0.39 is 0 Å². The Morgan fingerprint density at radius 2 is 2.04 bits per heavy atom. The number of nitrogens with zero attached hydrogens (tertiary/aromatic N) is 4. The van der Waals surface area contributed by atoms with E-state index in [0.29, 0.717) is 0 Å². The van der Waals surface area contributed by atoms with Crippen LogP contribution in [0.5, 0.6) is 0 Å². The number of carbonyl (C=O) groups excluding carboxylic acids is 1. The number of hydrogen-bond donors (Lipinski definition) is 1. The van der Waals surface area contributed by atoms with Gasteiger partial charge in [0.15, 0.2) is 5.96 Å². The van der Waals surface area contributed by atoms with E-state index in [9.17, 15) is 4.79 Å². The molecule has 0 aliphatic carbocycles. The van der Waals surface area contributed by atoms with E-state index in [1.54, 1.807) is 19.0 Å². The summed E-state index contributed by atoms with van der Waals surface area (Å²) in [4.78, 5) is 22.6. The Hall–Kier alpha value is -1.99. The maximum absolute atomic E-state index is 12.0. The molecule has 1 unspecified atom stereocenters. The summed E-state index contributed by atoms with van der Waals surface area (Å²) in [7, 11) is 3.50. The summed E-state index contributed by atoms with van der Waals surface area (Å²) in [6.45, 7) is 5.04. The molecule has 0 aromatic heterocycles. The number of anilines is 1. The Kier molecular flexibility index (Phi) is 7.39. The molecule has 2 aliphatic heterocycles. The second-order valence-corrected chi connectivity index (χ2v) is 7.78. The van der Waals surface area contributed by atoms with E-state index in [0.717, 1.165) is 68.8 Å². The lowest BCUT2D eigenvalue weighted by Crippen LogP contribution is -2.53. The van der Waals surface area contributed by atoms with Crippen molar-refractivity contribution in [1.29, 1.82) is 0 Å². The van der Waals surface area contributed by atoms with E-state index in [1.807, 2.05) is 18.2 Å². The molecule has 0 radical (unpaired) electrons. The molecule has 1 atom stereocenters. The van der Waals surface area contributed by atoms with Crippen molar-refractivity contribution in [3.05, 3.63) is 29.3 Å². The number of carbonyl (C=O) groups is 1. The number of rotatable bonds is 5. The highest BCUT2D eigenvalue weighted by molar-refractivity contribution is 6.33. The van der Waals surface area contributed by atoms with Crippen LogP contribution in [0, 0.1) is 0 Å². The van der Waals surface area contributed by atoms with E-state index in [4.69, 9.17) is 16.3 Å². The first kappa shape index (κ1) is 20.7. The minimum atomic E-state index is -0.00822. The second-order valence-electron chi connectivity index (χ2n) is 7.37. The highest BCUT2D eigenvalue weighted by atomic mass is 35.5. The van der Waals surface area contributed by atoms with E-state index in [1.165, 1.54) is 0 Å². The molecule has 1 aromatic rings. The SMILES string of the molecule is CN(C)C(=O)CN=C(NCC1CCCO1)N1CCN(c2ccccc2Cl)CC1. The number of aliphatic imine (C=N–C) groups is 1. The Morgan fingerprint density at radius 1 is 1.29 bits per heavy atom. The molecular formula is C20H30ClN5O2. The largest absolute Gasteiger partial charge is 0.376 e. The highest BCUT2D eigenvalue weighted by Gasteiger charge is 2.23. The van der Waals surface area contributed by atoms with E-state index in [-0.39, 0.29) is 18.6 Å². The molecule has 0 saturated carbocycles. The first-order chi connectivity index (χ1) is 13.5. The topological polar surface area (TPSA) is 60.4 Å². The van der Waals surface area contributed by atoms with Crippen molar-refractivity contribution in [2.75, 3.05) is 64.9 Å². The molecule has 28 heavy (non-hydrogen) atoms. The maximum Gasteiger partial charge on any atom is 0.243 e. The molecule has 8 heteroatoms. The van der Waals surface area contributed by atoms with Gasteiger partial charge in [-0.3, -0.25) is 4.79 Å². The Morgan fingerprint density at radius 3 is 2.68 bits per heavy atom. The minimum Gasteiger partial charge on any atom is -0.376 e. The predicted molar refractivity (Wildman–Crippen MR) is 113 cm³/mol. The first-order valence-corrected chi connectivity index (χ1v) is 10.3. The highest BCUT2D eigenvalue weighted by Crippen LogP contribution is 2.26. The fraction of sp³-hybridized carbons (Fsp3) is 0.600. The number of amides is 1. The summed E-state index contributed by atoms with van der Waals surface area (Å²) in [5.41, 5.74) is 1.07. The Balaban J connectivity index is 1.61. The van der Waals surface area contributed by atoms with Gasteiger partial charge in [0.05, 0.1) is 16.8 Å². The van der Waals surface area contributed by atoms with Crippen LogP contribution in [0.4, 0.5) is 5.69 Å². The zero-order valence-electron chi connectivity index (χ0n) is 16.7. The zero-order chi connectivity index (χ0) is 19.9. The third-order valence-corrected chi connectivity index (χ3v) is 5.47. The number of para-hydroxylation sites is 1. The lowest BCUT2D eigenvalue weighted by atomic mass is 10.2. The van der Waals surface area contributed by atoms with Crippen molar-refractivity contribution in [2.24, 2.45) is 4.99 Å². The van der Waals surface area contributed by atoms with Crippen LogP contribution in [0.15, 0.2) is 29.3 Å². The fourth-order valence-corrected chi connectivity index (χ4v) is 3.68. The van der Waals surface area contributed by atoms with Gasteiger partial charge in [-0.25, -0.2) is 4.99 Å². The van der Waals surface area contributed by atoms with Crippen LogP contribution < -0.4 is 10.2 Å². The average molecular weight is 408 g/mol. The van der Waals surface area contributed by atoms with Crippen LogP contribution in [-0.2, 0) is 9.53 Å². The minimum absolute atomic E-state index is 0.00822. The third kappa shape index (κ3) is 5.52. The van der Waals surface area contributed by atoms with Crippen molar-refractivity contribution < 1.29 is 9.53 Å². The summed E-state index contributed by atoms with van der Waals surface area (Å²) in [6, 6.07) is 7.94. The zero-order valence-corrected chi connectivity index (χ0v) is 17.5. The van der Waals surface area contributed by atoms with Crippen LogP contribution >= 0.6 is 11.6 Å². The van der Waals surface area contributed by atoms with Crippen LogP contribution in [0.2, 0.25) is 5.02 Å². The van der Waals surface area contributed by atoms with Crippen LogP contribution in [0.3, 0.4) is 0 Å². The smallest absolute Gasteiger partial charge is 0.243 e. The molecule has 0 spiro atoms. The maximum atomic E-state index is 12.0. The van der Waals surface area contributed by atoms with Gasteiger partial charge in [-0.15, -0.1) is 0 Å². The number of hydrogen-bond acceptors (Lipinski definition) is 4. The summed E-state index contributed by atoms with van der Waals surface area (Å²) in [5, 5.41) is 4.20. The van der Waals surface area contributed by atoms with E-state index >= 15 is 0 Å². The first-order valence-electron chi connectivity index (χ1n) is 9.89. The van der Waals surface area contributed by atoms with Crippen LogP contribution in [0.25, 0.3) is 0 Å². The van der Waals surface area contributed by atoms with Gasteiger partial charge in [0, 0.05) is 53.4 Å². The standard InChI is InChI=1S/C20H30ClN5O2/c1-24(2)19(27)15-23-20(22-14-16-6-5-13-28-16)26-11-9-25(10-12-26)18-8-4-3-7-17(18)21/h3-4,7-8,16H,5-6,9-15H2,1-2H3,(H,22,23). The molecule has 1 N–H and O–H groups in total. The number of nitrogens with one attached hydrogen (secondary N) is 1. The van der Waals surface area contributed by atoms with Gasteiger partial charge in [0.25, 0.3) is 0 Å². The summed E-state index contributed by atoms with van der Waals surface area (Å²) >= 11 is 6.35. The molecule has 1 amide bonds. The van der Waals surface area contributed by atoms with Crippen molar-refractivity contribution in [3.8, 4) is 0 Å². The molecule has 2 aliphatic rings. The molecular weight excluding hydrogens is 378 g/mol. The molecule has 2 saturated heterocycles. The molecule has 154 valence electrons. The normalized spacial score (nSPS) is 20.4. The predicted octanol–water partition coefficient (Wildman–Crippen LogP) is 1.67. The number of likely N-dealkylation sites (N-methyl/N-ethyl adjacent to an activating group) is 1. The summed E-state index contributed by atoms with van der Waals surface area (Å²) in [5.74, 6) is 0.774. The Bertz CT molecular complexity index is 683. The molecule has 2 fully saturated rings. The molecule has 0 bridgehead atoms. The van der Waals surface area contributed by atoms with Crippen molar-refractivity contribution in [3.63, 3.8) is 0 Å². The monoisotopic (exact) mass is 407 g/mol. The molecule has 3 rings (SSSR count). The van der Waals surface area contributed by atoms with Gasteiger partial charge in [-0.2, -0.15) is 0 Å². The summed E-state index contributed by atoms with van der Waals surface area (Å²) < 4.78 is 5.71. The van der Waals surface area contributed by atoms with Crippen molar-refractivity contribution >= 4 is 29.2 Å². The lowest BCUT2D eigenvalue weighted by Gasteiger charge is -2.38. The van der Waals surface area contributed by atoms with Crippen molar-refractivity contribution in [2.45, 2.75) is 18.9 Å². The van der Waals surface area contributed by atoms with Gasteiger partial charge < -0.3 is 24.8 Å². The number of ether oxygens (including phenoxy) is 1. The van der Waals surface area contributed by atoms with Gasteiger partial charge >= 0.3 is 0 Å². The number of halogens is 1. The van der Waals surface area contributed by atoms with Crippen LogP contribution in [0.1, 0.15) is 12.8 Å². The molecule has 7 nitrogen and oxygen atoms in total.